The fourth-order valence-electron chi connectivity index (χ4n) is 3.66. The predicted octanol–water partition coefficient (Wildman–Crippen LogP) is 3.24. The first kappa shape index (κ1) is 18.6. The van der Waals surface area contributed by atoms with Gasteiger partial charge in [0.15, 0.2) is 0 Å². The zero-order valence-electron chi connectivity index (χ0n) is 15.8. The molecular formula is C20H28FN5. The van der Waals surface area contributed by atoms with Gasteiger partial charge in [-0.25, -0.2) is 9.37 Å². The molecule has 140 valence electrons. The molecule has 3 rings (SSSR count). The molecule has 1 fully saturated rings. The van der Waals surface area contributed by atoms with Crippen molar-refractivity contribution in [2.75, 3.05) is 30.3 Å². The van der Waals surface area contributed by atoms with Crippen LogP contribution in [0.4, 0.5) is 16.2 Å². The first-order valence-electron chi connectivity index (χ1n) is 9.27. The monoisotopic (exact) mass is 357 g/mol. The Morgan fingerprint density at radius 3 is 2.58 bits per heavy atom. The second-order valence-corrected chi connectivity index (χ2v) is 7.43. The molecule has 6 heteroatoms. The molecule has 2 aromatic rings. The van der Waals surface area contributed by atoms with Gasteiger partial charge < -0.3 is 10.6 Å². The molecule has 1 aromatic heterocycles. The topological polar surface area (TPSA) is 58.3 Å². The van der Waals surface area contributed by atoms with Gasteiger partial charge in [-0.1, -0.05) is 26.0 Å². The molecule has 2 N–H and O–H groups in total. The summed E-state index contributed by atoms with van der Waals surface area (Å²) in [5.41, 5.74) is 7.89. The van der Waals surface area contributed by atoms with Gasteiger partial charge in [0.1, 0.15) is 11.6 Å². The fourth-order valence-corrected chi connectivity index (χ4v) is 3.66. The highest BCUT2D eigenvalue weighted by molar-refractivity contribution is 5.43. The minimum Gasteiger partial charge on any atom is -0.368 e. The van der Waals surface area contributed by atoms with Crippen molar-refractivity contribution in [2.24, 2.45) is 5.92 Å². The third-order valence-corrected chi connectivity index (χ3v) is 5.00. The van der Waals surface area contributed by atoms with E-state index in [9.17, 15) is 4.39 Å². The molecule has 0 bridgehead atoms. The van der Waals surface area contributed by atoms with Crippen molar-refractivity contribution in [2.45, 2.75) is 39.8 Å². The first-order chi connectivity index (χ1) is 12.4. The molecule has 2 heterocycles. The smallest absolute Gasteiger partial charge is 0.222 e. The molecule has 0 radical (unpaired) electrons. The number of aryl methyl sites for hydroxylation is 1. The maximum absolute atomic E-state index is 13.2. The maximum atomic E-state index is 13.2. The number of benzene rings is 1. The van der Waals surface area contributed by atoms with Crippen molar-refractivity contribution in [1.29, 1.82) is 0 Å². The van der Waals surface area contributed by atoms with E-state index in [2.05, 4.69) is 33.6 Å². The van der Waals surface area contributed by atoms with Gasteiger partial charge in [-0.2, -0.15) is 4.98 Å². The van der Waals surface area contributed by atoms with Gasteiger partial charge in [-0.3, -0.25) is 4.90 Å². The van der Waals surface area contributed by atoms with Crippen molar-refractivity contribution in [1.82, 2.24) is 14.9 Å². The molecule has 0 saturated carbocycles. The molecule has 5 nitrogen and oxygen atoms in total. The number of anilines is 2. The van der Waals surface area contributed by atoms with E-state index in [-0.39, 0.29) is 5.82 Å². The Hall–Kier alpha value is -2.21. The second kappa shape index (κ2) is 7.99. The molecule has 1 aliphatic heterocycles. The summed E-state index contributed by atoms with van der Waals surface area (Å²) < 4.78 is 13.2. The summed E-state index contributed by atoms with van der Waals surface area (Å²) in [6.45, 7) is 10.1. The van der Waals surface area contributed by atoms with Gasteiger partial charge in [-0.15, -0.1) is 0 Å². The van der Waals surface area contributed by atoms with Crippen molar-refractivity contribution in [3.8, 4) is 0 Å². The highest BCUT2D eigenvalue weighted by Crippen LogP contribution is 2.23. The molecule has 1 aliphatic rings. The van der Waals surface area contributed by atoms with Crippen LogP contribution in [0.5, 0.6) is 0 Å². The Kier molecular flexibility index (Phi) is 5.71. The van der Waals surface area contributed by atoms with Gasteiger partial charge >= 0.3 is 0 Å². The quantitative estimate of drug-likeness (QED) is 0.910. The van der Waals surface area contributed by atoms with E-state index in [1.807, 2.05) is 25.1 Å². The number of nitrogen functional groups attached to an aromatic ring is 1. The fraction of sp³-hybridized carbons (Fsp3) is 0.500. The van der Waals surface area contributed by atoms with E-state index in [0.29, 0.717) is 17.9 Å². The molecule has 1 unspecified atom stereocenters. The molecule has 26 heavy (non-hydrogen) atoms. The maximum Gasteiger partial charge on any atom is 0.222 e. The minimum absolute atomic E-state index is 0.187. The van der Waals surface area contributed by atoms with Crippen molar-refractivity contribution in [3.63, 3.8) is 0 Å². The Balaban J connectivity index is 1.79. The van der Waals surface area contributed by atoms with Gasteiger partial charge in [0.2, 0.25) is 5.95 Å². The van der Waals surface area contributed by atoms with Gasteiger partial charge in [0.25, 0.3) is 0 Å². The van der Waals surface area contributed by atoms with Crippen molar-refractivity contribution >= 4 is 11.8 Å². The van der Waals surface area contributed by atoms with Crippen LogP contribution in [0.1, 0.15) is 31.5 Å². The highest BCUT2D eigenvalue weighted by atomic mass is 19.1. The third-order valence-electron chi connectivity index (χ3n) is 5.00. The predicted molar refractivity (Wildman–Crippen MR) is 103 cm³/mol. The lowest BCUT2D eigenvalue weighted by atomic mass is 10.0. The van der Waals surface area contributed by atoms with Crippen LogP contribution in [0.25, 0.3) is 0 Å². The lowest BCUT2D eigenvalue weighted by molar-refractivity contribution is 0.161. The van der Waals surface area contributed by atoms with Crippen LogP contribution in [-0.2, 0) is 6.54 Å². The summed E-state index contributed by atoms with van der Waals surface area (Å²) in [6, 6.07) is 9.22. The summed E-state index contributed by atoms with van der Waals surface area (Å²) in [5.74, 6) is 1.54. The van der Waals surface area contributed by atoms with Gasteiger partial charge in [-0.05, 0) is 37.0 Å². The second-order valence-electron chi connectivity index (χ2n) is 7.43. The minimum atomic E-state index is -0.187. The zero-order chi connectivity index (χ0) is 18.7. The van der Waals surface area contributed by atoms with Gasteiger partial charge in [0.05, 0.1) is 0 Å². The summed E-state index contributed by atoms with van der Waals surface area (Å²) in [4.78, 5) is 13.5. The van der Waals surface area contributed by atoms with Crippen LogP contribution >= 0.6 is 0 Å². The van der Waals surface area contributed by atoms with E-state index in [1.165, 1.54) is 12.1 Å². The largest absolute Gasteiger partial charge is 0.368 e. The number of rotatable bonds is 4. The summed E-state index contributed by atoms with van der Waals surface area (Å²) in [5, 5.41) is 0. The van der Waals surface area contributed by atoms with Crippen LogP contribution in [0, 0.1) is 18.7 Å². The van der Waals surface area contributed by atoms with Crippen molar-refractivity contribution < 1.29 is 4.39 Å². The summed E-state index contributed by atoms with van der Waals surface area (Å²) in [7, 11) is 0. The Morgan fingerprint density at radius 2 is 1.92 bits per heavy atom. The number of nitrogens with two attached hydrogens (primary N) is 1. The molecular weight excluding hydrogens is 329 g/mol. The first-order valence-corrected chi connectivity index (χ1v) is 9.27. The highest BCUT2D eigenvalue weighted by Gasteiger charge is 2.28. The lowest BCUT2D eigenvalue weighted by Crippen LogP contribution is -2.44. The number of hydrogen-bond donors (Lipinski definition) is 1. The number of aromatic nitrogens is 2. The molecule has 0 spiro atoms. The van der Waals surface area contributed by atoms with Crippen LogP contribution in [0.3, 0.4) is 0 Å². The van der Waals surface area contributed by atoms with Gasteiger partial charge in [0, 0.05) is 44.0 Å². The van der Waals surface area contributed by atoms with E-state index in [4.69, 9.17) is 5.73 Å². The molecule has 1 aromatic carbocycles. The Bertz CT molecular complexity index is 711. The average Bonchev–Trinajstić information content (AvgIpc) is 2.79. The lowest BCUT2D eigenvalue weighted by Gasteiger charge is -2.35. The van der Waals surface area contributed by atoms with E-state index < -0.39 is 0 Å². The summed E-state index contributed by atoms with van der Waals surface area (Å²) in [6.07, 6.45) is 1.05. The summed E-state index contributed by atoms with van der Waals surface area (Å²) >= 11 is 0. The van der Waals surface area contributed by atoms with Crippen LogP contribution in [-0.4, -0.2) is 40.5 Å². The van der Waals surface area contributed by atoms with Crippen LogP contribution in [0.15, 0.2) is 30.3 Å². The third kappa shape index (κ3) is 4.49. The number of halogens is 1. The van der Waals surface area contributed by atoms with Crippen LogP contribution in [0.2, 0.25) is 0 Å². The Morgan fingerprint density at radius 1 is 1.19 bits per heavy atom. The molecule has 1 atom stereocenters. The normalized spacial score (nSPS) is 19.0. The van der Waals surface area contributed by atoms with Crippen molar-refractivity contribution in [3.05, 3.63) is 47.4 Å². The molecule has 0 aliphatic carbocycles. The van der Waals surface area contributed by atoms with E-state index in [1.54, 1.807) is 0 Å². The zero-order valence-corrected chi connectivity index (χ0v) is 15.8. The van der Waals surface area contributed by atoms with Crippen LogP contribution < -0.4 is 10.6 Å². The Labute approximate surface area is 155 Å². The van der Waals surface area contributed by atoms with E-state index >= 15 is 0 Å². The number of hydrogen-bond acceptors (Lipinski definition) is 5. The number of nitrogens with zero attached hydrogens (tertiary/aromatic N) is 4. The molecule has 1 saturated heterocycles. The molecule has 0 amide bonds. The average molecular weight is 357 g/mol. The SMILES string of the molecule is Cc1cc(N2CCCN(Cc3ccc(F)cc3)C(C(C)C)C2)nc(N)n1. The van der Waals surface area contributed by atoms with E-state index in [0.717, 1.165) is 49.7 Å². The standard InChI is InChI=1S/C20H28FN5/c1-14(2)18-13-26(19-11-15(3)23-20(22)24-19)10-4-9-25(18)12-16-5-7-17(21)8-6-16/h5-8,11,14,18H,4,9-10,12-13H2,1-3H3,(H2,22,23,24).